The van der Waals surface area contributed by atoms with Crippen molar-refractivity contribution in [3.63, 3.8) is 0 Å². The second-order valence-electron chi connectivity index (χ2n) is 8.07. The average molecular weight is 425 g/mol. The lowest BCUT2D eigenvalue weighted by atomic mass is 10.1. The number of H-pyrrole nitrogens is 1. The van der Waals surface area contributed by atoms with Gasteiger partial charge in [-0.25, -0.2) is 4.98 Å². The summed E-state index contributed by atoms with van der Waals surface area (Å²) in [6, 6.07) is 5.59. The highest BCUT2D eigenvalue weighted by atomic mass is 16.5. The molecule has 0 aromatic carbocycles. The number of nitrogens with zero attached hydrogens (tertiary/aromatic N) is 2. The Morgan fingerprint density at radius 2 is 2.16 bits per heavy atom. The molecule has 0 radical (unpaired) electrons. The minimum Gasteiger partial charge on any atom is -0.496 e. The minimum absolute atomic E-state index is 0.0156. The number of carbonyl (C=O) groups excluding carboxylic acids is 1. The Kier molecular flexibility index (Phi) is 5.82. The lowest BCUT2D eigenvalue weighted by molar-refractivity contribution is 0.0951. The van der Waals surface area contributed by atoms with Crippen molar-refractivity contribution in [1.29, 1.82) is 0 Å². The van der Waals surface area contributed by atoms with Crippen molar-refractivity contribution in [2.75, 3.05) is 20.8 Å². The third-order valence-corrected chi connectivity index (χ3v) is 5.86. The molecule has 1 amide bonds. The Labute approximate surface area is 180 Å². The first kappa shape index (κ1) is 21.1. The Morgan fingerprint density at radius 1 is 1.39 bits per heavy atom. The minimum atomic E-state index is -0.258. The van der Waals surface area contributed by atoms with Gasteiger partial charge in [0.15, 0.2) is 0 Å². The maximum absolute atomic E-state index is 13.2. The number of pyridine rings is 2. The fraction of sp³-hybridized carbons (Fsp3) is 0.435. The molecule has 4 rings (SSSR count). The van der Waals surface area contributed by atoms with Crippen LogP contribution < -0.4 is 15.6 Å². The lowest BCUT2D eigenvalue weighted by Gasteiger charge is -2.16. The van der Waals surface area contributed by atoms with Gasteiger partial charge in [-0.1, -0.05) is 0 Å². The van der Waals surface area contributed by atoms with Crippen LogP contribution in [0.4, 0.5) is 0 Å². The van der Waals surface area contributed by atoms with Crippen molar-refractivity contribution in [1.82, 2.24) is 19.9 Å². The number of aromatic nitrogens is 3. The molecule has 0 aliphatic heterocycles. The van der Waals surface area contributed by atoms with Gasteiger partial charge in [0.1, 0.15) is 11.4 Å². The number of fused-ring (bicyclic) bond motifs is 1. The third kappa shape index (κ3) is 3.95. The summed E-state index contributed by atoms with van der Waals surface area (Å²) in [4.78, 5) is 33.3. The molecule has 8 nitrogen and oxygen atoms in total. The van der Waals surface area contributed by atoms with Crippen LogP contribution in [0.15, 0.2) is 29.2 Å². The van der Waals surface area contributed by atoms with E-state index in [0.29, 0.717) is 29.4 Å². The van der Waals surface area contributed by atoms with Gasteiger partial charge in [-0.15, -0.1) is 0 Å². The molecule has 3 aromatic rings. The zero-order valence-corrected chi connectivity index (χ0v) is 18.3. The van der Waals surface area contributed by atoms with Crippen molar-refractivity contribution in [2.45, 2.75) is 45.2 Å². The molecule has 8 heteroatoms. The Balaban J connectivity index is 1.64. The summed E-state index contributed by atoms with van der Waals surface area (Å²) in [5.74, 6) is 0.646. The number of nitrogens with one attached hydrogen (secondary N) is 2. The quantitative estimate of drug-likeness (QED) is 0.579. The van der Waals surface area contributed by atoms with Crippen LogP contribution in [-0.4, -0.2) is 41.3 Å². The van der Waals surface area contributed by atoms with Crippen molar-refractivity contribution in [3.8, 4) is 5.75 Å². The van der Waals surface area contributed by atoms with Gasteiger partial charge in [0, 0.05) is 36.1 Å². The Hall–Kier alpha value is -3.13. The summed E-state index contributed by atoms with van der Waals surface area (Å²) in [6.45, 7) is 4.50. The van der Waals surface area contributed by atoms with Crippen molar-refractivity contribution in [3.05, 3.63) is 57.3 Å². The summed E-state index contributed by atoms with van der Waals surface area (Å²) >= 11 is 0. The van der Waals surface area contributed by atoms with Crippen LogP contribution in [0.5, 0.6) is 5.75 Å². The molecular formula is C23H28N4O4. The molecular weight excluding hydrogens is 396 g/mol. The number of hydrogen-bond donors (Lipinski definition) is 2. The van der Waals surface area contributed by atoms with Gasteiger partial charge in [0.25, 0.3) is 11.5 Å². The molecule has 164 valence electrons. The smallest absolute Gasteiger partial charge is 0.256 e. The van der Waals surface area contributed by atoms with E-state index in [1.54, 1.807) is 13.3 Å². The van der Waals surface area contributed by atoms with E-state index < -0.39 is 0 Å². The van der Waals surface area contributed by atoms with Crippen LogP contribution in [0.3, 0.4) is 0 Å². The number of carbonyl (C=O) groups is 1. The van der Waals surface area contributed by atoms with Gasteiger partial charge >= 0.3 is 0 Å². The van der Waals surface area contributed by atoms with Crippen molar-refractivity contribution >= 4 is 16.9 Å². The first-order valence-electron chi connectivity index (χ1n) is 10.5. The summed E-state index contributed by atoms with van der Waals surface area (Å²) in [5.41, 5.74) is 3.17. The van der Waals surface area contributed by atoms with Gasteiger partial charge in [0.05, 0.1) is 37.4 Å². The highest BCUT2D eigenvalue weighted by Gasteiger charge is 2.27. The lowest BCUT2D eigenvalue weighted by Crippen LogP contribution is -2.28. The molecule has 1 fully saturated rings. The maximum atomic E-state index is 13.2. The molecule has 2 N–H and O–H groups in total. The molecule has 0 bridgehead atoms. The number of ether oxygens (including phenoxy) is 2. The molecule has 1 aliphatic carbocycles. The van der Waals surface area contributed by atoms with Gasteiger partial charge in [0.2, 0.25) is 0 Å². The Morgan fingerprint density at radius 3 is 2.84 bits per heavy atom. The largest absolute Gasteiger partial charge is 0.496 e. The molecule has 31 heavy (non-hydrogen) atoms. The van der Waals surface area contributed by atoms with Crippen LogP contribution in [-0.2, 0) is 11.3 Å². The number of methoxy groups -OCH3 is 2. The van der Waals surface area contributed by atoms with E-state index in [4.69, 9.17) is 9.47 Å². The molecule has 0 spiro atoms. The fourth-order valence-corrected chi connectivity index (χ4v) is 4.20. The van der Waals surface area contributed by atoms with Crippen LogP contribution in [0.1, 0.15) is 59.0 Å². The number of rotatable bonds is 8. The second kappa shape index (κ2) is 8.55. The van der Waals surface area contributed by atoms with E-state index in [1.165, 1.54) is 7.11 Å². The van der Waals surface area contributed by atoms with E-state index in [9.17, 15) is 9.59 Å². The standard InChI is InChI=1S/C23H28N4O4/c1-13(12-30-3)27-14(2)20(16-6-5-9-24-21(16)27)23(29)25-11-17-19(31-4)10-18(15-7-8-15)26-22(17)28/h5-6,9-10,13,15H,7-8,11-12H2,1-4H3,(H,25,29)(H,26,28). The van der Waals surface area contributed by atoms with Gasteiger partial charge < -0.3 is 24.3 Å². The summed E-state index contributed by atoms with van der Waals surface area (Å²) in [6.07, 6.45) is 3.87. The zero-order valence-electron chi connectivity index (χ0n) is 18.3. The van der Waals surface area contributed by atoms with Gasteiger partial charge in [-0.2, -0.15) is 0 Å². The highest BCUT2D eigenvalue weighted by Crippen LogP contribution is 2.39. The predicted octanol–water partition coefficient (Wildman–Crippen LogP) is 3.06. The second-order valence-corrected chi connectivity index (χ2v) is 8.07. The molecule has 3 aromatic heterocycles. The number of amides is 1. The third-order valence-electron chi connectivity index (χ3n) is 5.86. The molecule has 1 saturated carbocycles. The maximum Gasteiger partial charge on any atom is 0.256 e. The van der Waals surface area contributed by atoms with E-state index in [2.05, 4.69) is 15.3 Å². The van der Waals surface area contributed by atoms with Crippen molar-refractivity contribution in [2.24, 2.45) is 0 Å². The monoisotopic (exact) mass is 424 g/mol. The first-order chi connectivity index (χ1) is 15.0. The fourth-order valence-electron chi connectivity index (χ4n) is 4.20. The number of aromatic amines is 1. The normalized spacial score (nSPS) is 14.6. The number of hydrogen-bond acceptors (Lipinski definition) is 5. The average Bonchev–Trinajstić information content (AvgIpc) is 3.55. The zero-order chi connectivity index (χ0) is 22.1. The van der Waals surface area contributed by atoms with Crippen molar-refractivity contribution < 1.29 is 14.3 Å². The van der Waals surface area contributed by atoms with Gasteiger partial charge in [-0.05, 0) is 44.7 Å². The van der Waals surface area contributed by atoms with E-state index in [-0.39, 0.29) is 24.1 Å². The van der Waals surface area contributed by atoms with Crippen LogP contribution in [0, 0.1) is 6.92 Å². The molecule has 1 aliphatic rings. The molecule has 1 atom stereocenters. The molecule has 3 heterocycles. The highest BCUT2D eigenvalue weighted by molar-refractivity contribution is 6.07. The molecule has 1 unspecified atom stereocenters. The van der Waals surface area contributed by atoms with E-state index in [0.717, 1.165) is 35.3 Å². The van der Waals surface area contributed by atoms with Crippen LogP contribution in [0.25, 0.3) is 11.0 Å². The SMILES string of the molecule is COCC(C)n1c(C)c(C(=O)NCc2c(OC)cc(C3CC3)[nH]c2=O)c2cccnc21. The first-order valence-corrected chi connectivity index (χ1v) is 10.5. The van der Waals surface area contributed by atoms with Crippen LogP contribution >= 0.6 is 0 Å². The summed E-state index contributed by atoms with van der Waals surface area (Å²) in [7, 11) is 3.19. The van der Waals surface area contributed by atoms with E-state index in [1.807, 2.05) is 36.6 Å². The van der Waals surface area contributed by atoms with Crippen LogP contribution in [0.2, 0.25) is 0 Å². The molecule has 0 saturated heterocycles. The summed E-state index contributed by atoms with van der Waals surface area (Å²) < 4.78 is 12.8. The topological polar surface area (TPSA) is 98.2 Å². The van der Waals surface area contributed by atoms with Gasteiger partial charge in [-0.3, -0.25) is 9.59 Å². The van der Waals surface area contributed by atoms with E-state index >= 15 is 0 Å². The Bertz CT molecular complexity index is 1180. The predicted molar refractivity (Wildman–Crippen MR) is 118 cm³/mol. The summed E-state index contributed by atoms with van der Waals surface area (Å²) in [5, 5.41) is 3.67.